The molecular formula is C16H22N4O3. The summed E-state index contributed by atoms with van der Waals surface area (Å²) in [6, 6.07) is 5.78. The maximum Gasteiger partial charge on any atom is 0.333 e. The van der Waals surface area contributed by atoms with Crippen LogP contribution in [0.25, 0.3) is 0 Å². The Morgan fingerprint density at radius 1 is 1.17 bits per heavy atom. The van der Waals surface area contributed by atoms with Crippen LogP contribution in [0.5, 0.6) is 0 Å². The van der Waals surface area contributed by atoms with E-state index in [4.69, 9.17) is 5.73 Å². The Labute approximate surface area is 135 Å². The van der Waals surface area contributed by atoms with Gasteiger partial charge in [-0.25, -0.2) is 9.80 Å². The Morgan fingerprint density at radius 2 is 1.87 bits per heavy atom. The number of nitrogens with zero attached hydrogens (tertiary/aromatic N) is 1. The van der Waals surface area contributed by atoms with Crippen molar-refractivity contribution in [1.82, 2.24) is 10.4 Å². The summed E-state index contributed by atoms with van der Waals surface area (Å²) >= 11 is 0. The average molecular weight is 318 g/mol. The lowest BCUT2D eigenvalue weighted by atomic mass is 9.95. The van der Waals surface area contributed by atoms with Crippen LogP contribution in [0.15, 0.2) is 24.3 Å². The van der Waals surface area contributed by atoms with Crippen LogP contribution in [0, 0.1) is 0 Å². The molecule has 0 heterocycles. The van der Waals surface area contributed by atoms with Gasteiger partial charge in [0.25, 0.3) is 5.91 Å². The lowest BCUT2D eigenvalue weighted by Gasteiger charge is -2.32. The molecule has 7 nitrogen and oxygen atoms in total. The van der Waals surface area contributed by atoms with E-state index >= 15 is 0 Å². The van der Waals surface area contributed by atoms with Gasteiger partial charge in [0.05, 0.1) is 6.04 Å². The molecule has 0 saturated heterocycles. The Kier molecular flexibility index (Phi) is 5.56. The normalized spacial score (nSPS) is 14.8. The summed E-state index contributed by atoms with van der Waals surface area (Å²) in [5.41, 5.74) is 8.86. The number of primary amides is 1. The minimum atomic E-state index is -0.664. The molecular weight excluding hydrogens is 296 g/mol. The molecule has 1 aromatic carbocycles. The van der Waals surface area contributed by atoms with Gasteiger partial charge in [-0.15, -0.1) is 0 Å². The number of benzene rings is 1. The maximum atomic E-state index is 12.4. The summed E-state index contributed by atoms with van der Waals surface area (Å²) in [4.78, 5) is 35.1. The van der Waals surface area contributed by atoms with Gasteiger partial charge in [-0.2, -0.15) is 0 Å². The molecule has 4 amide bonds. The molecule has 7 heteroatoms. The summed E-state index contributed by atoms with van der Waals surface area (Å²) < 4.78 is 0. The molecule has 0 atom stereocenters. The van der Waals surface area contributed by atoms with Gasteiger partial charge in [0.1, 0.15) is 0 Å². The number of amides is 4. The van der Waals surface area contributed by atoms with E-state index in [2.05, 4.69) is 10.7 Å². The minimum absolute atomic E-state index is 0.0660. The third-order valence-corrected chi connectivity index (χ3v) is 3.84. The van der Waals surface area contributed by atoms with Gasteiger partial charge in [0.2, 0.25) is 5.91 Å². The topological polar surface area (TPSA) is 105 Å². The fourth-order valence-corrected chi connectivity index (χ4v) is 2.78. The van der Waals surface area contributed by atoms with Crippen molar-refractivity contribution in [1.29, 1.82) is 0 Å². The quantitative estimate of drug-likeness (QED) is 0.742. The smallest absolute Gasteiger partial charge is 0.333 e. The molecule has 1 saturated carbocycles. The summed E-state index contributed by atoms with van der Waals surface area (Å²) in [7, 11) is 0. The molecule has 2 rings (SSSR count). The Bertz CT molecular complexity index is 597. The first-order chi connectivity index (χ1) is 11.0. The Balaban J connectivity index is 2.09. The van der Waals surface area contributed by atoms with Gasteiger partial charge in [-0.1, -0.05) is 25.3 Å². The molecule has 0 spiro atoms. The highest BCUT2D eigenvalue weighted by Crippen LogP contribution is 2.21. The van der Waals surface area contributed by atoms with E-state index in [1.165, 1.54) is 11.9 Å². The molecule has 0 radical (unpaired) electrons. The van der Waals surface area contributed by atoms with E-state index in [-0.39, 0.29) is 11.9 Å². The number of nitrogens with two attached hydrogens (primary N) is 1. The number of rotatable bonds is 3. The zero-order valence-corrected chi connectivity index (χ0v) is 13.2. The minimum Gasteiger partial charge on any atom is -0.350 e. The van der Waals surface area contributed by atoms with Crippen molar-refractivity contribution >= 4 is 23.5 Å². The van der Waals surface area contributed by atoms with E-state index in [0.29, 0.717) is 11.3 Å². The predicted molar refractivity (Wildman–Crippen MR) is 86.5 cm³/mol. The predicted octanol–water partition coefficient (Wildman–Crippen LogP) is 2.00. The standard InChI is InChI=1S/C16H22N4O3/c1-11(21)18-13-7-5-6-12(10-13)15(22)19-20(16(17)23)14-8-3-2-4-9-14/h5-7,10,14H,2-4,8-9H2,1H3,(H2,17,23)(H,18,21)(H,19,22). The summed E-state index contributed by atoms with van der Waals surface area (Å²) in [5, 5.41) is 3.84. The second-order valence-electron chi connectivity index (χ2n) is 5.70. The Hall–Kier alpha value is -2.57. The molecule has 0 bridgehead atoms. The highest BCUT2D eigenvalue weighted by molar-refractivity contribution is 5.97. The molecule has 1 aliphatic carbocycles. The number of carbonyl (C=O) groups is 3. The van der Waals surface area contributed by atoms with E-state index in [1.54, 1.807) is 24.3 Å². The van der Waals surface area contributed by atoms with Crippen LogP contribution in [0.3, 0.4) is 0 Å². The molecule has 0 aromatic heterocycles. The van der Waals surface area contributed by atoms with Crippen LogP contribution in [-0.4, -0.2) is 28.9 Å². The van der Waals surface area contributed by atoms with Gasteiger partial charge in [-0.05, 0) is 31.0 Å². The van der Waals surface area contributed by atoms with E-state index in [0.717, 1.165) is 32.1 Å². The molecule has 1 aromatic rings. The largest absolute Gasteiger partial charge is 0.350 e. The third-order valence-electron chi connectivity index (χ3n) is 3.84. The molecule has 0 aliphatic heterocycles. The monoisotopic (exact) mass is 318 g/mol. The summed E-state index contributed by atoms with van der Waals surface area (Å²) in [6.45, 7) is 1.39. The van der Waals surface area contributed by atoms with E-state index in [9.17, 15) is 14.4 Å². The first-order valence-corrected chi connectivity index (χ1v) is 7.74. The van der Waals surface area contributed by atoms with Crippen molar-refractivity contribution in [2.24, 2.45) is 5.73 Å². The average Bonchev–Trinajstić information content (AvgIpc) is 2.52. The molecule has 1 fully saturated rings. The number of hydrogen-bond donors (Lipinski definition) is 3. The first kappa shape index (κ1) is 16.8. The zero-order valence-electron chi connectivity index (χ0n) is 13.2. The van der Waals surface area contributed by atoms with Crippen LogP contribution < -0.4 is 16.5 Å². The second kappa shape index (κ2) is 7.62. The molecule has 1 aliphatic rings. The molecule has 124 valence electrons. The van der Waals surface area contributed by atoms with Gasteiger partial charge in [0, 0.05) is 18.2 Å². The van der Waals surface area contributed by atoms with Gasteiger partial charge in [-0.3, -0.25) is 15.0 Å². The SMILES string of the molecule is CC(=O)Nc1cccc(C(=O)NN(C(N)=O)C2CCCCC2)c1. The number of urea groups is 1. The van der Waals surface area contributed by atoms with Crippen molar-refractivity contribution in [2.75, 3.05) is 5.32 Å². The van der Waals surface area contributed by atoms with E-state index < -0.39 is 11.9 Å². The lowest BCUT2D eigenvalue weighted by Crippen LogP contribution is -2.54. The highest BCUT2D eigenvalue weighted by atomic mass is 16.2. The third kappa shape index (κ3) is 4.70. The van der Waals surface area contributed by atoms with Crippen LogP contribution in [0.4, 0.5) is 10.5 Å². The highest BCUT2D eigenvalue weighted by Gasteiger charge is 2.25. The van der Waals surface area contributed by atoms with Gasteiger partial charge < -0.3 is 11.1 Å². The van der Waals surface area contributed by atoms with Crippen molar-refractivity contribution < 1.29 is 14.4 Å². The van der Waals surface area contributed by atoms with Crippen LogP contribution in [-0.2, 0) is 4.79 Å². The molecule has 4 N–H and O–H groups in total. The number of hydrogen-bond acceptors (Lipinski definition) is 3. The lowest BCUT2D eigenvalue weighted by molar-refractivity contribution is -0.114. The molecule has 23 heavy (non-hydrogen) atoms. The van der Waals surface area contributed by atoms with Gasteiger partial charge in [0.15, 0.2) is 0 Å². The Morgan fingerprint density at radius 3 is 2.48 bits per heavy atom. The van der Waals surface area contributed by atoms with Gasteiger partial charge >= 0.3 is 6.03 Å². The molecule has 0 unspecified atom stereocenters. The van der Waals surface area contributed by atoms with Crippen LogP contribution in [0.1, 0.15) is 49.4 Å². The van der Waals surface area contributed by atoms with Crippen molar-refractivity contribution in [3.63, 3.8) is 0 Å². The van der Waals surface area contributed by atoms with Crippen molar-refractivity contribution in [3.05, 3.63) is 29.8 Å². The fourth-order valence-electron chi connectivity index (χ4n) is 2.78. The number of hydrazine groups is 1. The second-order valence-corrected chi connectivity index (χ2v) is 5.70. The maximum absolute atomic E-state index is 12.4. The zero-order chi connectivity index (χ0) is 16.8. The fraction of sp³-hybridized carbons (Fsp3) is 0.438. The van der Waals surface area contributed by atoms with Crippen molar-refractivity contribution in [2.45, 2.75) is 45.1 Å². The number of nitrogens with one attached hydrogen (secondary N) is 2. The summed E-state index contributed by atoms with van der Waals surface area (Å²) in [5.74, 6) is -0.648. The van der Waals surface area contributed by atoms with Crippen LogP contribution >= 0.6 is 0 Å². The number of anilines is 1. The van der Waals surface area contributed by atoms with E-state index in [1.807, 2.05) is 0 Å². The van der Waals surface area contributed by atoms with Crippen molar-refractivity contribution in [3.8, 4) is 0 Å². The van der Waals surface area contributed by atoms with Crippen LogP contribution in [0.2, 0.25) is 0 Å². The first-order valence-electron chi connectivity index (χ1n) is 7.74. The summed E-state index contributed by atoms with van der Waals surface area (Å²) in [6.07, 6.45) is 4.82. The number of carbonyl (C=O) groups excluding carboxylic acids is 3.